The van der Waals surface area contributed by atoms with E-state index in [1.165, 1.54) is 19.3 Å². The van der Waals surface area contributed by atoms with Crippen LogP contribution < -0.4 is 10.6 Å². The number of imide groups is 1. The lowest BCUT2D eigenvalue weighted by Gasteiger charge is -2.27. The fraction of sp³-hybridized carbons (Fsp3) is 0.800. The lowest BCUT2D eigenvalue weighted by molar-refractivity contribution is -0.137. The number of carbonyl (C=O) groups excluding carboxylic acids is 2. The maximum atomic E-state index is 11.6. The second-order valence-electron chi connectivity index (χ2n) is 5.80. The third kappa shape index (κ3) is 7.68. The zero-order valence-corrected chi connectivity index (χ0v) is 12.7. The molecule has 0 aromatic rings. The second kappa shape index (κ2) is 9.37. The number of nitrogens with one attached hydrogen (secondary N) is 2. The number of urea groups is 1. The molecular formula is C15H26N2O4. The Bertz CT molecular complexity index is 363. The van der Waals surface area contributed by atoms with E-state index in [2.05, 4.69) is 17.6 Å². The van der Waals surface area contributed by atoms with Gasteiger partial charge in [-0.3, -0.25) is 14.9 Å². The van der Waals surface area contributed by atoms with Crippen LogP contribution in [0.25, 0.3) is 0 Å². The van der Waals surface area contributed by atoms with Gasteiger partial charge in [0.2, 0.25) is 5.91 Å². The Morgan fingerprint density at radius 2 is 1.67 bits per heavy atom. The van der Waals surface area contributed by atoms with E-state index in [9.17, 15) is 14.4 Å². The van der Waals surface area contributed by atoms with Crippen molar-refractivity contribution in [3.63, 3.8) is 0 Å². The predicted octanol–water partition coefficient (Wildman–Crippen LogP) is 2.28. The largest absolute Gasteiger partial charge is 0.481 e. The number of carboxylic acid groups (broad SMARTS) is 1. The van der Waals surface area contributed by atoms with Crippen molar-refractivity contribution < 1.29 is 19.5 Å². The Hall–Kier alpha value is -1.59. The quantitative estimate of drug-likeness (QED) is 0.672. The highest BCUT2D eigenvalue weighted by molar-refractivity contribution is 5.94. The SMILES string of the molecule is CCC1CCC(CNC(=O)NC(=O)CCCC(=O)O)CC1. The van der Waals surface area contributed by atoms with Crippen molar-refractivity contribution >= 4 is 17.9 Å². The van der Waals surface area contributed by atoms with Crippen LogP contribution >= 0.6 is 0 Å². The van der Waals surface area contributed by atoms with E-state index in [0.29, 0.717) is 12.5 Å². The first-order valence-corrected chi connectivity index (χ1v) is 7.80. The van der Waals surface area contributed by atoms with Crippen LogP contribution in [0.4, 0.5) is 4.79 Å². The molecule has 0 aromatic carbocycles. The summed E-state index contributed by atoms with van der Waals surface area (Å²) < 4.78 is 0. The fourth-order valence-corrected chi connectivity index (χ4v) is 2.71. The van der Waals surface area contributed by atoms with Crippen LogP contribution in [-0.2, 0) is 9.59 Å². The van der Waals surface area contributed by atoms with Gasteiger partial charge in [-0.1, -0.05) is 26.2 Å². The molecule has 3 amide bonds. The van der Waals surface area contributed by atoms with Crippen LogP contribution in [0.15, 0.2) is 0 Å². The first-order chi connectivity index (χ1) is 10.0. The zero-order chi connectivity index (χ0) is 15.7. The lowest BCUT2D eigenvalue weighted by Crippen LogP contribution is -2.41. The monoisotopic (exact) mass is 298 g/mol. The van der Waals surface area contributed by atoms with Gasteiger partial charge in [0.15, 0.2) is 0 Å². The minimum absolute atomic E-state index is 0.0569. The molecule has 6 nitrogen and oxygen atoms in total. The van der Waals surface area contributed by atoms with E-state index < -0.39 is 17.9 Å². The molecule has 0 heterocycles. The summed E-state index contributed by atoms with van der Waals surface area (Å²) in [6, 6.07) is -0.479. The van der Waals surface area contributed by atoms with Gasteiger partial charge in [0.05, 0.1) is 0 Å². The number of carbonyl (C=O) groups is 3. The second-order valence-corrected chi connectivity index (χ2v) is 5.80. The normalized spacial score (nSPS) is 21.6. The van der Waals surface area contributed by atoms with E-state index in [1.54, 1.807) is 0 Å². The van der Waals surface area contributed by atoms with Crippen molar-refractivity contribution in [3.05, 3.63) is 0 Å². The number of aliphatic carboxylic acids is 1. The summed E-state index contributed by atoms with van der Waals surface area (Å²) >= 11 is 0. The summed E-state index contributed by atoms with van der Waals surface area (Å²) in [6.07, 6.45) is 6.17. The van der Waals surface area contributed by atoms with Gasteiger partial charge in [0, 0.05) is 19.4 Å². The summed E-state index contributed by atoms with van der Waals surface area (Å²) in [4.78, 5) is 33.3. The Balaban J connectivity index is 2.11. The van der Waals surface area contributed by atoms with Gasteiger partial charge in [-0.2, -0.15) is 0 Å². The Labute approximate surface area is 125 Å². The molecule has 0 unspecified atom stereocenters. The van der Waals surface area contributed by atoms with Gasteiger partial charge in [0.1, 0.15) is 0 Å². The summed E-state index contributed by atoms with van der Waals surface area (Å²) in [5, 5.41) is 13.4. The van der Waals surface area contributed by atoms with Crippen molar-refractivity contribution in [2.45, 2.75) is 58.3 Å². The fourth-order valence-electron chi connectivity index (χ4n) is 2.71. The predicted molar refractivity (Wildman–Crippen MR) is 78.8 cm³/mol. The third-order valence-electron chi connectivity index (χ3n) is 4.14. The molecule has 3 N–H and O–H groups in total. The standard InChI is InChI=1S/C15H26N2O4/c1-2-11-6-8-12(9-7-11)10-16-15(21)17-13(18)4-3-5-14(19)20/h11-12H,2-10H2,1H3,(H,19,20)(H2,16,17,18,21). The first kappa shape index (κ1) is 17.5. The van der Waals surface area contributed by atoms with Crippen LogP contribution in [-0.4, -0.2) is 29.6 Å². The van der Waals surface area contributed by atoms with Crippen molar-refractivity contribution in [1.29, 1.82) is 0 Å². The van der Waals surface area contributed by atoms with Crippen LogP contribution in [0.3, 0.4) is 0 Å². The van der Waals surface area contributed by atoms with E-state index >= 15 is 0 Å². The number of rotatable bonds is 7. The summed E-state index contributed by atoms with van der Waals surface area (Å²) in [5.74, 6) is -0.0371. The number of amides is 3. The van der Waals surface area contributed by atoms with Crippen LogP contribution in [0.2, 0.25) is 0 Å². The van der Waals surface area contributed by atoms with E-state index in [4.69, 9.17) is 5.11 Å². The Morgan fingerprint density at radius 1 is 1.05 bits per heavy atom. The molecular weight excluding hydrogens is 272 g/mol. The smallest absolute Gasteiger partial charge is 0.321 e. The van der Waals surface area contributed by atoms with Crippen LogP contribution in [0.1, 0.15) is 58.3 Å². The van der Waals surface area contributed by atoms with Gasteiger partial charge in [0.25, 0.3) is 0 Å². The molecule has 0 radical (unpaired) electrons. The van der Waals surface area contributed by atoms with Crippen molar-refractivity contribution in [3.8, 4) is 0 Å². The molecule has 0 aromatic heterocycles. The molecule has 21 heavy (non-hydrogen) atoms. The molecule has 0 atom stereocenters. The van der Waals surface area contributed by atoms with Gasteiger partial charge < -0.3 is 10.4 Å². The molecule has 6 heteroatoms. The molecule has 0 spiro atoms. The lowest BCUT2D eigenvalue weighted by atomic mass is 9.81. The summed E-state index contributed by atoms with van der Waals surface area (Å²) in [5.41, 5.74) is 0. The van der Waals surface area contributed by atoms with Crippen LogP contribution in [0.5, 0.6) is 0 Å². The molecule has 1 aliphatic rings. The average Bonchev–Trinajstić information content (AvgIpc) is 2.45. The highest BCUT2D eigenvalue weighted by Gasteiger charge is 2.20. The van der Waals surface area contributed by atoms with Gasteiger partial charge in [-0.15, -0.1) is 0 Å². The molecule has 120 valence electrons. The Morgan fingerprint density at radius 3 is 2.24 bits per heavy atom. The van der Waals surface area contributed by atoms with E-state index in [-0.39, 0.29) is 19.3 Å². The third-order valence-corrected chi connectivity index (χ3v) is 4.14. The van der Waals surface area contributed by atoms with Gasteiger partial charge >= 0.3 is 12.0 Å². The van der Waals surface area contributed by atoms with Gasteiger partial charge in [-0.05, 0) is 31.1 Å². The maximum Gasteiger partial charge on any atom is 0.321 e. The highest BCUT2D eigenvalue weighted by Crippen LogP contribution is 2.29. The number of hydrogen-bond acceptors (Lipinski definition) is 3. The highest BCUT2D eigenvalue weighted by atomic mass is 16.4. The molecule has 1 fully saturated rings. The summed E-state index contributed by atoms with van der Waals surface area (Å²) in [6.45, 7) is 2.82. The molecule has 1 saturated carbocycles. The molecule has 1 aliphatic carbocycles. The summed E-state index contributed by atoms with van der Waals surface area (Å²) in [7, 11) is 0. The molecule has 1 rings (SSSR count). The zero-order valence-electron chi connectivity index (χ0n) is 12.7. The van der Waals surface area contributed by atoms with E-state index in [0.717, 1.165) is 18.8 Å². The first-order valence-electron chi connectivity index (χ1n) is 7.80. The maximum absolute atomic E-state index is 11.6. The average molecular weight is 298 g/mol. The topological polar surface area (TPSA) is 95.5 Å². The molecule has 0 saturated heterocycles. The van der Waals surface area contributed by atoms with E-state index in [1.807, 2.05) is 0 Å². The van der Waals surface area contributed by atoms with Gasteiger partial charge in [-0.25, -0.2) is 4.79 Å². The van der Waals surface area contributed by atoms with Crippen molar-refractivity contribution in [2.75, 3.05) is 6.54 Å². The van der Waals surface area contributed by atoms with Crippen molar-refractivity contribution in [1.82, 2.24) is 10.6 Å². The minimum atomic E-state index is -0.935. The molecule has 0 aliphatic heterocycles. The van der Waals surface area contributed by atoms with Crippen molar-refractivity contribution in [2.24, 2.45) is 11.8 Å². The Kier molecular flexibility index (Phi) is 7.79. The van der Waals surface area contributed by atoms with Crippen LogP contribution in [0, 0.1) is 11.8 Å². The molecule has 0 bridgehead atoms. The number of hydrogen-bond donors (Lipinski definition) is 3. The minimum Gasteiger partial charge on any atom is -0.481 e. The number of carboxylic acids is 1.